The minimum absolute atomic E-state index is 0.0625. The topological polar surface area (TPSA) is 17.1 Å². The maximum absolute atomic E-state index is 12.1. The van der Waals surface area contributed by atoms with Gasteiger partial charge in [-0.1, -0.05) is 45.7 Å². The van der Waals surface area contributed by atoms with Gasteiger partial charge in [-0.05, 0) is 24.3 Å². The lowest BCUT2D eigenvalue weighted by atomic mass is 9.93. The van der Waals surface area contributed by atoms with E-state index in [1.807, 2.05) is 56.4 Å². The fraction of sp³-hybridized carbons (Fsp3) is 0. The van der Waals surface area contributed by atoms with E-state index in [0.717, 1.165) is 15.5 Å². The molecule has 0 N–H and O–H groups in total. The van der Waals surface area contributed by atoms with E-state index in [-0.39, 0.29) is 5.78 Å². The second kappa shape index (κ2) is 4.66. The smallest absolute Gasteiger partial charge is 0.193 e. The van der Waals surface area contributed by atoms with Gasteiger partial charge in [0.2, 0.25) is 0 Å². The Morgan fingerprint density at radius 2 is 1.31 bits per heavy atom. The molecule has 0 unspecified atom stereocenters. The van der Waals surface area contributed by atoms with Crippen molar-refractivity contribution in [3.05, 3.63) is 64.1 Å². The molecule has 0 spiro atoms. The highest BCUT2D eigenvalue weighted by Gasteiger charge is 2.07. The van der Waals surface area contributed by atoms with Crippen molar-refractivity contribution >= 4 is 35.0 Å². The molecule has 78 valence electrons. The van der Waals surface area contributed by atoms with Crippen LogP contribution in [0.15, 0.2) is 53.0 Å². The van der Waals surface area contributed by atoms with E-state index in [2.05, 4.69) is 15.9 Å². The Labute approximate surface area is 104 Å². The third-order valence-electron chi connectivity index (χ3n) is 2.42. The van der Waals surface area contributed by atoms with Crippen LogP contribution in [0.3, 0.4) is 0 Å². The molecule has 0 atom stereocenters. The average molecular weight is 273 g/mol. The van der Waals surface area contributed by atoms with Crippen LogP contribution in [-0.4, -0.2) is 13.6 Å². The van der Waals surface area contributed by atoms with Crippen LogP contribution in [0.1, 0.15) is 15.9 Å². The van der Waals surface area contributed by atoms with Gasteiger partial charge in [-0.25, -0.2) is 0 Å². The van der Waals surface area contributed by atoms with Gasteiger partial charge in [-0.15, -0.1) is 0 Å². The van der Waals surface area contributed by atoms with Crippen LogP contribution in [-0.2, 0) is 0 Å². The first-order chi connectivity index (χ1) is 7.66. The predicted octanol–water partition coefficient (Wildman–Crippen LogP) is 1.94. The molecular formula is C13H10BBrO. The van der Waals surface area contributed by atoms with Gasteiger partial charge in [0.25, 0.3) is 0 Å². The monoisotopic (exact) mass is 272 g/mol. The van der Waals surface area contributed by atoms with Gasteiger partial charge < -0.3 is 0 Å². The lowest BCUT2D eigenvalue weighted by Crippen LogP contribution is -2.05. The molecule has 0 bridgehead atoms. The van der Waals surface area contributed by atoms with Crippen LogP contribution >= 0.6 is 15.9 Å². The zero-order valence-corrected chi connectivity index (χ0v) is 10.5. The number of hydrogen-bond donors (Lipinski definition) is 0. The first-order valence-corrected chi connectivity index (χ1v) is 5.83. The normalized spacial score (nSPS) is 10.1. The zero-order chi connectivity index (χ0) is 11.5. The van der Waals surface area contributed by atoms with Crippen LogP contribution in [0.4, 0.5) is 0 Å². The standard InChI is InChI=1S/C13H10BBrO/c14-11-5-1-9(2-6-11)13(16)10-3-7-12(15)8-4-10/h1-8H,14H2. The van der Waals surface area contributed by atoms with Crippen molar-refractivity contribution in [3.8, 4) is 0 Å². The molecule has 0 aliphatic heterocycles. The number of hydrogen-bond acceptors (Lipinski definition) is 1. The molecule has 16 heavy (non-hydrogen) atoms. The first-order valence-electron chi connectivity index (χ1n) is 5.04. The van der Waals surface area contributed by atoms with E-state index in [1.54, 1.807) is 0 Å². The van der Waals surface area contributed by atoms with Crippen LogP contribution in [0.5, 0.6) is 0 Å². The number of carbonyl (C=O) groups excluding carboxylic acids is 1. The first kappa shape index (κ1) is 11.1. The summed E-state index contributed by atoms with van der Waals surface area (Å²) in [7, 11) is 2.01. The minimum Gasteiger partial charge on any atom is -0.289 e. The van der Waals surface area contributed by atoms with Crippen molar-refractivity contribution in [1.82, 2.24) is 0 Å². The fourth-order valence-electron chi connectivity index (χ4n) is 1.47. The molecule has 0 amide bonds. The molecule has 0 heterocycles. The number of carbonyl (C=O) groups is 1. The van der Waals surface area contributed by atoms with E-state index >= 15 is 0 Å². The Morgan fingerprint density at radius 3 is 1.81 bits per heavy atom. The van der Waals surface area contributed by atoms with Crippen LogP contribution in [0, 0.1) is 0 Å². The fourth-order valence-corrected chi connectivity index (χ4v) is 1.74. The molecule has 0 radical (unpaired) electrons. The molecule has 1 nitrogen and oxygen atoms in total. The van der Waals surface area contributed by atoms with Gasteiger partial charge in [-0.2, -0.15) is 0 Å². The highest BCUT2D eigenvalue weighted by molar-refractivity contribution is 9.10. The van der Waals surface area contributed by atoms with E-state index in [4.69, 9.17) is 0 Å². The number of rotatable bonds is 2. The van der Waals surface area contributed by atoms with Crippen molar-refractivity contribution in [3.63, 3.8) is 0 Å². The molecular weight excluding hydrogens is 263 g/mol. The Kier molecular flexibility index (Phi) is 3.25. The summed E-state index contributed by atoms with van der Waals surface area (Å²) in [6.07, 6.45) is 0. The molecule has 0 aromatic heterocycles. The summed E-state index contributed by atoms with van der Waals surface area (Å²) in [4.78, 5) is 12.1. The molecule has 0 saturated carbocycles. The maximum Gasteiger partial charge on any atom is 0.193 e. The van der Waals surface area contributed by atoms with Crippen molar-refractivity contribution in [2.45, 2.75) is 0 Å². The molecule has 2 aromatic rings. The number of halogens is 1. The number of ketones is 1. The lowest BCUT2D eigenvalue weighted by Gasteiger charge is -2.01. The van der Waals surface area contributed by atoms with Crippen LogP contribution in [0.2, 0.25) is 0 Å². The van der Waals surface area contributed by atoms with E-state index in [0.29, 0.717) is 5.56 Å². The lowest BCUT2D eigenvalue weighted by molar-refractivity contribution is 0.103. The summed E-state index contributed by atoms with van der Waals surface area (Å²) in [6, 6.07) is 15.0. The quantitative estimate of drug-likeness (QED) is 0.603. The van der Waals surface area contributed by atoms with Gasteiger partial charge in [0.15, 0.2) is 5.78 Å². The SMILES string of the molecule is Bc1ccc(C(=O)c2ccc(Br)cc2)cc1. The highest BCUT2D eigenvalue weighted by atomic mass is 79.9. The third-order valence-corrected chi connectivity index (χ3v) is 2.95. The second-order valence-electron chi connectivity index (χ2n) is 3.70. The Bertz CT molecular complexity index is 455. The summed E-state index contributed by atoms with van der Waals surface area (Å²) in [5, 5.41) is 0. The molecule has 0 aliphatic rings. The van der Waals surface area contributed by atoms with Crippen molar-refractivity contribution in [2.24, 2.45) is 0 Å². The number of benzene rings is 2. The molecule has 2 rings (SSSR count). The van der Waals surface area contributed by atoms with Gasteiger partial charge in [0.05, 0.1) is 0 Å². The maximum atomic E-state index is 12.1. The van der Waals surface area contributed by atoms with E-state index < -0.39 is 0 Å². The summed E-state index contributed by atoms with van der Waals surface area (Å²) < 4.78 is 0.980. The molecule has 2 aromatic carbocycles. The zero-order valence-electron chi connectivity index (χ0n) is 8.91. The Hall–Kier alpha value is -1.35. The molecule has 3 heteroatoms. The Balaban J connectivity index is 2.32. The minimum atomic E-state index is 0.0625. The van der Waals surface area contributed by atoms with Gasteiger partial charge in [0.1, 0.15) is 7.85 Å². The van der Waals surface area contributed by atoms with Gasteiger partial charge in [-0.3, -0.25) is 4.79 Å². The molecule has 0 saturated heterocycles. The summed E-state index contributed by atoms with van der Waals surface area (Å²) >= 11 is 3.35. The molecule has 0 fully saturated rings. The highest BCUT2D eigenvalue weighted by Crippen LogP contribution is 2.13. The van der Waals surface area contributed by atoms with Crippen molar-refractivity contribution < 1.29 is 4.79 Å². The van der Waals surface area contributed by atoms with Gasteiger partial charge in [0, 0.05) is 15.6 Å². The summed E-state index contributed by atoms with van der Waals surface area (Å²) in [5.41, 5.74) is 2.60. The Morgan fingerprint density at radius 1 is 0.875 bits per heavy atom. The molecule has 0 aliphatic carbocycles. The summed E-state index contributed by atoms with van der Waals surface area (Å²) in [6.45, 7) is 0. The van der Waals surface area contributed by atoms with Gasteiger partial charge >= 0.3 is 0 Å². The second-order valence-corrected chi connectivity index (χ2v) is 4.62. The predicted molar refractivity (Wildman–Crippen MR) is 72.2 cm³/mol. The third kappa shape index (κ3) is 2.42. The largest absolute Gasteiger partial charge is 0.289 e. The van der Waals surface area contributed by atoms with E-state index in [9.17, 15) is 4.79 Å². The average Bonchev–Trinajstić information content (AvgIpc) is 2.30. The van der Waals surface area contributed by atoms with Crippen LogP contribution in [0.25, 0.3) is 0 Å². The van der Waals surface area contributed by atoms with Crippen molar-refractivity contribution in [1.29, 1.82) is 0 Å². The van der Waals surface area contributed by atoms with Crippen molar-refractivity contribution in [2.75, 3.05) is 0 Å². The summed E-state index contributed by atoms with van der Waals surface area (Å²) in [5.74, 6) is 0.0625. The van der Waals surface area contributed by atoms with Crippen LogP contribution < -0.4 is 5.46 Å². The van der Waals surface area contributed by atoms with E-state index in [1.165, 1.54) is 0 Å².